The van der Waals surface area contributed by atoms with Gasteiger partial charge in [0.05, 0.1) is 5.52 Å². The van der Waals surface area contributed by atoms with Crippen molar-refractivity contribution in [2.45, 2.75) is 31.4 Å². The summed E-state index contributed by atoms with van der Waals surface area (Å²) < 4.78 is 6.08. The highest BCUT2D eigenvalue weighted by Gasteiger charge is 2.27. The minimum atomic E-state index is 0.288. The third-order valence-electron chi connectivity index (χ3n) is 3.69. The quantitative estimate of drug-likeness (QED) is 0.898. The maximum atomic E-state index is 6.08. The number of benzene rings is 1. The van der Waals surface area contributed by atoms with Crippen LogP contribution in [0.25, 0.3) is 10.9 Å². The molecule has 3 nitrogen and oxygen atoms in total. The molecule has 2 atom stereocenters. The van der Waals surface area contributed by atoms with Gasteiger partial charge in [0.15, 0.2) is 0 Å². The highest BCUT2D eigenvalue weighted by Crippen LogP contribution is 2.26. The molecule has 94 valence electrons. The first-order chi connectivity index (χ1) is 8.86. The summed E-state index contributed by atoms with van der Waals surface area (Å²) in [5.74, 6) is 0.924. The Labute approximate surface area is 107 Å². The van der Waals surface area contributed by atoms with E-state index in [2.05, 4.69) is 22.4 Å². The van der Waals surface area contributed by atoms with Gasteiger partial charge < -0.3 is 10.1 Å². The molecule has 0 aliphatic heterocycles. The lowest BCUT2D eigenvalue weighted by molar-refractivity contribution is 0.179. The van der Waals surface area contributed by atoms with Crippen molar-refractivity contribution < 1.29 is 4.74 Å². The summed E-state index contributed by atoms with van der Waals surface area (Å²) >= 11 is 0. The number of fused-ring (bicyclic) bond motifs is 1. The molecule has 1 aromatic carbocycles. The first kappa shape index (κ1) is 11.5. The Morgan fingerprint density at radius 1 is 1.28 bits per heavy atom. The number of aromatic nitrogens is 1. The van der Waals surface area contributed by atoms with Gasteiger partial charge in [0.1, 0.15) is 11.9 Å². The topological polar surface area (TPSA) is 34.1 Å². The number of nitrogens with zero attached hydrogens (tertiary/aromatic N) is 1. The lowest BCUT2D eigenvalue weighted by Gasteiger charge is -2.20. The van der Waals surface area contributed by atoms with E-state index in [1.165, 1.54) is 12.8 Å². The summed E-state index contributed by atoms with van der Waals surface area (Å²) in [5, 5.41) is 4.48. The molecular formula is C15H18N2O. The molecule has 0 saturated heterocycles. The normalized spacial score (nSPS) is 23.4. The van der Waals surface area contributed by atoms with E-state index in [-0.39, 0.29) is 6.10 Å². The van der Waals surface area contributed by atoms with E-state index >= 15 is 0 Å². The average Bonchev–Trinajstić information content (AvgIpc) is 2.86. The Bertz CT molecular complexity index is 541. The molecule has 0 amide bonds. The molecule has 1 fully saturated rings. The fourth-order valence-electron chi connectivity index (χ4n) is 2.69. The van der Waals surface area contributed by atoms with Gasteiger partial charge in [-0.2, -0.15) is 0 Å². The minimum Gasteiger partial charge on any atom is -0.489 e. The monoisotopic (exact) mass is 242 g/mol. The van der Waals surface area contributed by atoms with Gasteiger partial charge in [-0.3, -0.25) is 4.98 Å². The first-order valence-corrected chi connectivity index (χ1v) is 6.55. The van der Waals surface area contributed by atoms with Crippen LogP contribution in [0, 0.1) is 0 Å². The molecule has 2 aromatic rings. The first-order valence-electron chi connectivity index (χ1n) is 6.55. The molecule has 2 unspecified atom stereocenters. The Kier molecular flexibility index (Phi) is 3.15. The van der Waals surface area contributed by atoms with E-state index in [9.17, 15) is 0 Å². The van der Waals surface area contributed by atoms with E-state index in [1.54, 1.807) is 0 Å². The zero-order chi connectivity index (χ0) is 12.4. The molecule has 18 heavy (non-hydrogen) atoms. The fourth-order valence-corrected chi connectivity index (χ4v) is 2.69. The van der Waals surface area contributed by atoms with Crippen LogP contribution in [0.1, 0.15) is 19.3 Å². The second-order valence-electron chi connectivity index (χ2n) is 4.84. The highest BCUT2D eigenvalue weighted by atomic mass is 16.5. The van der Waals surface area contributed by atoms with E-state index in [0.717, 1.165) is 23.1 Å². The Morgan fingerprint density at radius 3 is 3.11 bits per heavy atom. The van der Waals surface area contributed by atoms with Crippen molar-refractivity contribution in [3.8, 4) is 5.75 Å². The van der Waals surface area contributed by atoms with Crippen molar-refractivity contribution in [3.63, 3.8) is 0 Å². The Balaban J connectivity index is 1.82. The Morgan fingerprint density at radius 2 is 2.22 bits per heavy atom. The Hall–Kier alpha value is -1.61. The number of hydrogen-bond acceptors (Lipinski definition) is 3. The lowest BCUT2D eigenvalue weighted by Crippen LogP contribution is -2.36. The number of ether oxygens (including phenoxy) is 1. The van der Waals surface area contributed by atoms with Crippen molar-refractivity contribution in [2.24, 2.45) is 0 Å². The standard InChI is InChI=1S/C15H18N2O/c1-16-13-5-2-6-15(13)18-12-8-7-11-4-3-9-17-14(11)10-12/h3-4,7-10,13,15-16H,2,5-6H2,1H3. The number of hydrogen-bond donors (Lipinski definition) is 1. The van der Waals surface area contributed by atoms with E-state index in [0.29, 0.717) is 6.04 Å². The molecule has 1 aromatic heterocycles. The summed E-state index contributed by atoms with van der Waals surface area (Å²) in [6, 6.07) is 10.6. The van der Waals surface area contributed by atoms with Crippen LogP contribution >= 0.6 is 0 Å². The summed E-state index contributed by atoms with van der Waals surface area (Å²) in [4.78, 5) is 4.36. The average molecular weight is 242 g/mol. The molecule has 0 spiro atoms. The molecule has 3 rings (SSSR count). The van der Waals surface area contributed by atoms with E-state index in [4.69, 9.17) is 4.74 Å². The van der Waals surface area contributed by atoms with Crippen LogP contribution < -0.4 is 10.1 Å². The molecule has 1 saturated carbocycles. The van der Waals surface area contributed by atoms with Gasteiger partial charge in [-0.05, 0) is 44.5 Å². The van der Waals surface area contributed by atoms with E-state index in [1.807, 2.05) is 31.4 Å². The van der Waals surface area contributed by atoms with Gasteiger partial charge in [0.2, 0.25) is 0 Å². The van der Waals surface area contributed by atoms with Gasteiger partial charge in [0, 0.05) is 23.7 Å². The SMILES string of the molecule is CNC1CCCC1Oc1ccc2cccnc2c1. The fraction of sp³-hybridized carbons (Fsp3) is 0.400. The van der Waals surface area contributed by atoms with Crippen LogP contribution in [-0.4, -0.2) is 24.2 Å². The van der Waals surface area contributed by atoms with Crippen LogP contribution in [0.15, 0.2) is 36.5 Å². The second-order valence-corrected chi connectivity index (χ2v) is 4.84. The maximum absolute atomic E-state index is 6.08. The molecule has 0 bridgehead atoms. The van der Waals surface area contributed by atoms with Crippen LogP contribution in [0.3, 0.4) is 0 Å². The van der Waals surface area contributed by atoms with Gasteiger partial charge in [-0.15, -0.1) is 0 Å². The van der Waals surface area contributed by atoms with Crippen molar-refractivity contribution in [3.05, 3.63) is 36.5 Å². The van der Waals surface area contributed by atoms with Crippen LogP contribution in [0.5, 0.6) is 5.75 Å². The number of likely N-dealkylation sites (N-methyl/N-ethyl adjacent to an activating group) is 1. The molecule has 3 heteroatoms. The number of rotatable bonds is 3. The second kappa shape index (κ2) is 4.94. The third-order valence-corrected chi connectivity index (χ3v) is 3.69. The van der Waals surface area contributed by atoms with Gasteiger partial charge in [-0.1, -0.05) is 6.07 Å². The van der Waals surface area contributed by atoms with Gasteiger partial charge in [0.25, 0.3) is 0 Å². The summed E-state index contributed by atoms with van der Waals surface area (Å²) in [6.07, 6.45) is 5.68. The molecule has 1 N–H and O–H groups in total. The minimum absolute atomic E-state index is 0.288. The van der Waals surface area contributed by atoms with Crippen LogP contribution in [0.2, 0.25) is 0 Å². The zero-order valence-corrected chi connectivity index (χ0v) is 10.6. The van der Waals surface area contributed by atoms with Crippen LogP contribution in [-0.2, 0) is 0 Å². The molecule has 1 heterocycles. The van der Waals surface area contributed by atoms with Gasteiger partial charge in [-0.25, -0.2) is 0 Å². The third kappa shape index (κ3) is 2.18. The predicted molar refractivity (Wildman–Crippen MR) is 72.9 cm³/mol. The molecule has 1 aliphatic rings. The maximum Gasteiger partial charge on any atom is 0.122 e. The van der Waals surface area contributed by atoms with Crippen molar-refractivity contribution in [2.75, 3.05) is 7.05 Å². The number of nitrogens with one attached hydrogen (secondary N) is 1. The lowest BCUT2D eigenvalue weighted by atomic mass is 10.2. The van der Waals surface area contributed by atoms with Crippen molar-refractivity contribution >= 4 is 10.9 Å². The zero-order valence-electron chi connectivity index (χ0n) is 10.6. The molecule has 0 radical (unpaired) electrons. The highest BCUT2D eigenvalue weighted by molar-refractivity contribution is 5.79. The largest absolute Gasteiger partial charge is 0.489 e. The van der Waals surface area contributed by atoms with Crippen molar-refractivity contribution in [1.82, 2.24) is 10.3 Å². The summed E-state index contributed by atoms with van der Waals surface area (Å²) in [7, 11) is 2.01. The van der Waals surface area contributed by atoms with E-state index < -0.39 is 0 Å². The summed E-state index contributed by atoms with van der Waals surface area (Å²) in [6.45, 7) is 0. The van der Waals surface area contributed by atoms with Crippen molar-refractivity contribution in [1.29, 1.82) is 0 Å². The summed E-state index contributed by atoms with van der Waals surface area (Å²) in [5.41, 5.74) is 0.994. The number of pyridine rings is 1. The smallest absolute Gasteiger partial charge is 0.122 e. The molecular weight excluding hydrogens is 224 g/mol. The van der Waals surface area contributed by atoms with Crippen LogP contribution in [0.4, 0.5) is 0 Å². The molecule has 1 aliphatic carbocycles. The predicted octanol–water partition coefficient (Wildman–Crippen LogP) is 2.75. The van der Waals surface area contributed by atoms with Gasteiger partial charge >= 0.3 is 0 Å².